The Balaban J connectivity index is 2.05. The Kier molecular flexibility index (Phi) is 3.87. The summed E-state index contributed by atoms with van der Waals surface area (Å²) in [5.74, 6) is 0.989. The number of imidazole rings is 1. The van der Waals surface area contributed by atoms with Crippen LogP contribution in [0.15, 0.2) is 30.3 Å². The second-order valence-electron chi connectivity index (χ2n) is 5.68. The highest BCUT2D eigenvalue weighted by Crippen LogP contribution is 2.28. The summed E-state index contributed by atoms with van der Waals surface area (Å²) in [6.45, 7) is 4.11. The zero-order chi connectivity index (χ0) is 18.3. The maximum absolute atomic E-state index is 14.1. The van der Waals surface area contributed by atoms with E-state index in [1.54, 1.807) is 29.7 Å². The molecule has 3 aromatic heterocycles. The number of aromatic nitrogens is 5. The topological polar surface area (TPSA) is 74.4 Å². The average molecular weight is 353 g/mol. The Bertz CT molecular complexity index is 1130. The molecule has 0 saturated carbocycles. The molecule has 0 aliphatic carbocycles. The van der Waals surface area contributed by atoms with Crippen LogP contribution in [-0.2, 0) is 0 Å². The Labute approximate surface area is 148 Å². The van der Waals surface area contributed by atoms with Gasteiger partial charge in [-0.15, -0.1) is 10.2 Å². The van der Waals surface area contributed by atoms with E-state index in [0.29, 0.717) is 52.1 Å². The van der Waals surface area contributed by atoms with Crippen molar-refractivity contribution in [1.29, 1.82) is 0 Å². The molecule has 1 aromatic carbocycles. The lowest BCUT2D eigenvalue weighted by molar-refractivity contribution is 0.338. The van der Waals surface area contributed by atoms with Gasteiger partial charge in [-0.2, -0.15) is 4.98 Å². The monoisotopic (exact) mass is 353 g/mol. The van der Waals surface area contributed by atoms with Gasteiger partial charge in [0.1, 0.15) is 22.9 Å². The molecule has 8 heteroatoms. The van der Waals surface area contributed by atoms with Gasteiger partial charge in [-0.25, -0.2) is 9.37 Å². The van der Waals surface area contributed by atoms with Gasteiger partial charge in [-0.3, -0.25) is 4.40 Å². The van der Waals surface area contributed by atoms with Gasteiger partial charge in [0.05, 0.1) is 19.4 Å². The molecule has 0 atom stereocenters. The zero-order valence-corrected chi connectivity index (χ0v) is 14.5. The molecule has 0 aliphatic heterocycles. The van der Waals surface area contributed by atoms with Crippen molar-refractivity contribution < 1.29 is 13.9 Å². The van der Waals surface area contributed by atoms with Crippen LogP contribution < -0.4 is 9.47 Å². The summed E-state index contributed by atoms with van der Waals surface area (Å²) in [6, 6.07) is 7.97. The molecule has 0 aliphatic rings. The van der Waals surface area contributed by atoms with Crippen molar-refractivity contribution in [3.05, 3.63) is 41.8 Å². The smallest absolute Gasteiger partial charge is 0.215 e. The third-order valence-corrected chi connectivity index (χ3v) is 3.96. The molecule has 0 saturated heterocycles. The van der Waals surface area contributed by atoms with Crippen molar-refractivity contribution in [1.82, 2.24) is 24.6 Å². The number of hydrogen-bond acceptors (Lipinski definition) is 6. The van der Waals surface area contributed by atoms with Crippen molar-refractivity contribution in [2.45, 2.75) is 13.8 Å². The molecular weight excluding hydrogens is 337 g/mol. The lowest BCUT2D eigenvalue weighted by atomic mass is 10.2. The number of nitrogens with zero attached hydrogens (tertiary/aromatic N) is 5. The first-order valence-corrected chi connectivity index (χ1v) is 8.11. The van der Waals surface area contributed by atoms with Crippen LogP contribution in [0.2, 0.25) is 0 Å². The summed E-state index contributed by atoms with van der Waals surface area (Å²) >= 11 is 0. The summed E-state index contributed by atoms with van der Waals surface area (Å²) < 4.78 is 26.5. The highest BCUT2D eigenvalue weighted by atomic mass is 19.1. The molecule has 7 nitrogen and oxygen atoms in total. The molecule has 3 heterocycles. The third-order valence-electron chi connectivity index (χ3n) is 3.96. The molecular formula is C18H16FN5O2. The van der Waals surface area contributed by atoms with Crippen molar-refractivity contribution >= 4 is 16.8 Å². The minimum Gasteiger partial charge on any atom is -0.494 e. The van der Waals surface area contributed by atoms with Crippen molar-refractivity contribution in [3.8, 4) is 23.0 Å². The van der Waals surface area contributed by atoms with Gasteiger partial charge in [-0.1, -0.05) is 0 Å². The Morgan fingerprint density at radius 1 is 1.08 bits per heavy atom. The van der Waals surface area contributed by atoms with Gasteiger partial charge in [0, 0.05) is 17.7 Å². The fraction of sp³-hybridized carbons (Fsp3) is 0.222. The van der Waals surface area contributed by atoms with Crippen LogP contribution in [0, 0.1) is 12.7 Å². The maximum atomic E-state index is 14.1. The SMILES string of the molecule is CCOc1cc(F)cc(-c2nc(C)c3nnc4ccc(OC)nc4n23)c1. The van der Waals surface area contributed by atoms with E-state index in [9.17, 15) is 4.39 Å². The van der Waals surface area contributed by atoms with E-state index < -0.39 is 5.82 Å². The van der Waals surface area contributed by atoms with Gasteiger partial charge in [0.15, 0.2) is 11.3 Å². The third kappa shape index (κ3) is 2.59. The second kappa shape index (κ2) is 6.21. The van der Waals surface area contributed by atoms with Gasteiger partial charge < -0.3 is 9.47 Å². The minimum absolute atomic E-state index is 0.405. The van der Waals surface area contributed by atoms with Crippen LogP contribution in [0.1, 0.15) is 12.6 Å². The van der Waals surface area contributed by atoms with E-state index in [0.717, 1.165) is 0 Å². The van der Waals surface area contributed by atoms with Crippen LogP contribution in [0.25, 0.3) is 28.2 Å². The Hall–Kier alpha value is -3.29. The van der Waals surface area contributed by atoms with Gasteiger partial charge >= 0.3 is 0 Å². The lowest BCUT2D eigenvalue weighted by Gasteiger charge is -2.08. The van der Waals surface area contributed by atoms with E-state index in [1.807, 2.05) is 13.8 Å². The van der Waals surface area contributed by atoms with Crippen LogP contribution in [0.4, 0.5) is 4.39 Å². The first-order valence-electron chi connectivity index (χ1n) is 8.11. The lowest BCUT2D eigenvalue weighted by Crippen LogP contribution is -2.01. The van der Waals surface area contributed by atoms with E-state index in [4.69, 9.17) is 9.47 Å². The average Bonchev–Trinajstić information content (AvgIpc) is 2.98. The molecule has 0 N–H and O–H groups in total. The number of rotatable bonds is 4. The fourth-order valence-electron chi connectivity index (χ4n) is 2.86. The molecule has 26 heavy (non-hydrogen) atoms. The summed E-state index contributed by atoms with van der Waals surface area (Å²) in [5, 5.41) is 8.43. The summed E-state index contributed by atoms with van der Waals surface area (Å²) in [5.41, 5.74) is 2.90. The molecule has 0 amide bonds. The number of pyridine rings is 1. The first kappa shape index (κ1) is 16.2. The Morgan fingerprint density at radius 2 is 1.92 bits per heavy atom. The molecule has 0 unspecified atom stereocenters. The molecule has 0 spiro atoms. The van der Waals surface area contributed by atoms with Gasteiger partial charge in [0.2, 0.25) is 5.88 Å². The number of ether oxygens (including phenoxy) is 2. The zero-order valence-electron chi connectivity index (χ0n) is 14.5. The summed E-state index contributed by atoms with van der Waals surface area (Å²) in [6.07, 6.45) is 0. The van der Waals surface area contributed by atoms with E-state index >= 15 is 0 Å². The fourth-order valence-corrected chi connectivity index (χ4v) is 2.86. The van der Waals surface area contributed by atoms with Crippen LogP contribution >= 0.6 is 0 Å². The molecule has 4 aromatic rings. The van der Waals surface area contributed by atoms with Crippen molar-refractivity contribution in [3.63, 3.8) is 0 Å². The highest BCUT2D eigenvalue weighted by Gasteiger charge is 2.17. The van der Waals surface area contributed by atoms with Gasteiger partial charge in [0.25, 0.3) is 0 Å². The number of hydrogen-bond donors (Lipinski definition) is 0. The van der Waals surface area contributed by atoms with Gasteiger partial charge in [-0.05, 0) is 32.0 Å². The molecule has 0 bridgehead atoms. The predicted molar refractivity (Wildman–Crippen MR) is 93.9 cm³/mol. The number of halogens is 1. The second-order valence-corrected chi connectivity index (χ2v) is 5.68. The largest absolute Gasteiger partial charge is 0.494 e. The van der Waals surface area contributed by atoms with Crippen molar-refractivity contribution in [2.24, 2.45) is 0 Å². The quantitative estimate of drug-likeness (QED) is 0.561. The highest BCUT2D eigenvalue weighted by molar-refractivity contribution is 5.77. The number of methoxy groups -OCH3 is 1. The summed E-state index contributed by atoms with van der Waals surface area (Å²) in [4.78, 5) is 9.04. The van der Waals surface area contributed by atoms with E-state index in [2.05, 4.69) is 20.2 Å². The van der Waals surface area contributed by atoms with E-state index in [-0.39, 0.29) is 0 Å². The van der Waals surface area contributed by atoms with Crippen LogP contribution in [0.5, 0.6) is 11.6 Å². The molecule has 4 rings (SSSR count). The summed E-state index contributed by atoms with van der Waals surface area (Å²) in [7, 11) is 1.54. The maximum Gasteiger partial charge on any atom is 0.215 e. The Morgan fingerprint density at radius 3 is 2.69 bits per heavy atom. The van der Waals surface area contributed by atoms with Crippen molar-refractivity contribution in [2.75, 3.05) is 13.7 Å². The molecule has 0 radical (unpaired) electrons. The number of benzene rings is 1. The normalized spacial score (nSPS) is 11.2. The molecule has 132 valence electrons. The standard InChI is InChI=1S/C18H16FN5O2/c1-4-26-13-8-11(7-12(19)9-13)17-20-10(2)16-23-22-14-5-6-15(25-3)21-18(14)24(16)17/h5-9H,4H2,1-3H3. The minimum atomic E-state index is -0.405. The van der Waals surface area contributed by atoms with Crippen LogP contribution in [-0.4, -0.2) is 38.3 Å². The van der Waals surface area contributed by atoms with Crippen LogP contribution in [0.3, 0.4) is 0 Å². The first-order chi connectivity index (χ1) is 12.6. The number of aryl methyl sites for hydroxylation is 1. The predicted octanol–water partition coefficient (Wildman–Crippen LogP) is 3.19. The molecule has 0 fully saturated rings. The number of fused-ring (bicyclic) bond motifs is 3. The van der Waals surface area contributed by atoms with E-state index in [1.165, 1.54) is 12.1 Å².